The van der Waals surface area contributed by atoms with Crippen molar-refractivity contribution in [3.63, 3.8) is 0 Å². The highest BCUT2D eigenvalue weighted by Gasteiger charge is 2.36. The van der Waals surface area contributed by atoms with Gasteiger partial charge in [0, 0.05) is 25.6 Å². The standard InChI is InChI=1S/C25H27F2N3O4S2/c1-16-4-7-22-23(13-16)35-25(28-22)30(15-18-3-2-12-34-18)24(31)17-8-10-29(11-9-17)36(32,33)19-5-6-20(26)21(27)14-19/h4-7,13-14,17-18H,2-3,8-12,15H2,1H3. The molecule has 7 nitrogen and oxygen atoms in total. The molecule has 5 rings (SSSR count). The molecule has 1 atom stereocenters. The second kappa shape index (κ2) is 10.1. The zero-order valence-electron chi connectivity index (χ0n) is 19.8. The zero-order chi connectivity index (χ0) is 25.4. The number of halogens is 2. The SMILES string of the molecule is Cc1ccc2nc(N(CC3CCCO3)C(=O)C3CCN(S(=O)(=O)c4ccc(F)c(F)c4)CC3)sc2c1. The third kappa shape index (κ3) is 5.02. The van der Waals surface area contributed by atoms with E-state index in [1.807, 2.05) is 25.1 Å². The molecular weight excluding hydrogens is 508 g/mol. The van der Waals surface area contributed by atoms with Gasteiger partial charge in [-0.25, -0.2) is 22.2 Å². The summed E-state index contributed by atoms with van der Waals surface area (Å²) in [4.78, 5) is 19.8. The highest BCUT2D eigenvalue weighted by Crippen LogP contribution is 2.33. The van der Waals surface area contributed by atoms with Crippen molar-refractivity contribution < 1.29 is 26.7 Å². The van der Waals surface area contributed by atoms with E-state index in [0.29, 0.717) is 37.2 Å². The molecular formula is C25H27F2N3O4S2. The molecule has 2 aliphatic heterocycles. The number of carbonyl (C=O) groups is 1. The van der Waals surface area contributed by atoms with Crippen molar-refractivity contribution in [2.45, 2.75) is 43.6 Å². The average Bonchev–Trinajstić information content (AvgIpc) is 3.53. The summed E-state index contributed by atoms with van der Waals surface area (Å²) in [6.45, 7) is 3.32. The van der Waals surface area contributed by atoms with Crippen LogP contribution in [0.5, 0.6) is 0 Å². The molecule has 2 aromatic carbocycles. The topological polar surface area (TPSA) is 79.8 Å². The van der Waals surface area contributed by atoms with Crippen LogP contribution in [0.25, 0.3) is 10.2 Å². The number of aromatic nitrogens is 1. The quantitative estimate of drug-likeness (QED) is 0.465. The van der Waals surface area contributed by atoms with Gasteiger partial charge in [0.25, 0.3) is 0 Å². The highest BCUT2D eigenvalue weighted by molar-refractivity contribution is 7.89. The number of nitrogens with zero attached hydrogens (tertiary/aromatic N) is 3. The van der Waals surface area contributed by atoms with Gasteiger partial charge in [-0.1, -0.05) is 17.4 Å². The van der Waals surface area contributed by atoms with E-state index in [4.69, 9.17) is 9.72 Å². The number of anilines is 1. The molecule has 3 heterocycles. The number of hydrogen-bond acceptors (Lipinski definition) is 6. The number of sulfonamides is 1. The van der Waals surface area contributed by atoms with E-state index in [1.165, 1.54) is 15.6 Å². The summed E-state index contributed by atoms with van der Waals surface area (Å²) in [5, 5.41) is 0.618. The summed E-state index contributed by atoms with van der Waals surface area (Å²) in [5.74, 6) is -2.78. The number of amides is 1. The molecule has 2 fully saturated rings. The normalized spacial score (nSPS) is 19.7. The third-order valence-corrected chi connectivity index (χ3v) is 9.71. The summed E-state index contributed by atoms with van der Waals surface area (Å²) in [7, 11) is -3.99. The molecule has 3 aromatic rings. The van der Waals surface area contributed by atoms with Gasteiger partial charge < -0.3 is 4.74 Å². The first-order valence-electron chi connectivity index (χ1n) is 12.0. The van der Waals surface area contributed by atoms with Crippen molar-refractivity contribution in [2.24, 2.45) is 5.92 Å². The highest BCUT2D eigenvalue weighted by atomic mass is 32.2. The molecule has 1 unspecified atom stereocenters. The summed E-state index contributed by atoms with van der Waals surface area (Å²) in [6.07, 6.45) is 2.42. The Hall–Kier alpha value is -2.47. The van der Waals surface area contributed by atoms with Gasteiger partial charge in [0.1, 0.15) is 0 Å². The van der Waals surface area contributed by atoms with Gasteiger partial charge in [-0.2, -0.15) is 4.31 Å². The molecule has 11 heteroatoms. The Morgan fingerprint density at radius 2 is 1.92 bits per heavy atom. The van der Waals surface area contributed by atoms with Crippen LogP contribution in [-0.2, 0) is 19.6 Å². The minimum atomic E-state index is -3.99. The number of hydrogen-bond donors (Lipinski definition) is 0. The average molecular weight is 536 g/mol. The van der Waals surface area contributed by atoms with Gasteiger partial charge >= 0.3 is 0 Å². The molecule has 0 radical (unpaired) electrons. The number of benzene rings is 2. The summed E-state index contributed by atoms with van der Waals surface area (Å²) < 4.78 is 60.9. The van der Waals surface area contributed by atoms with Gasteiger partial charge in [-0.3, -0.25) is 9.69 Å². The molecule has 0 saturated carbocycles. The number of carbonyl (C=O) groups excluding carboxylic acids is 1. The van der Waals surface area contributed by atoms with Gasteiger partial charge in [-0.15, -0.1) is 0 Å². The Balaban J connectivity index is 1.33. The van der Waals surface area contributed by atoms with E-state index >= 15 is 0 Å². The Morgan fingerprint density at radius 1 is 1.14 bits per heavy atom. The molecule has 36 heavy (non-hydrogen) atoms. The van der Waals surface area contributed by atoms with Crippen molar-refractivity contribution in [1.82, 2.24) is 9.29 Å². The molecule has 192 valence electrons. The number of thiazole rings is 1. The maximum absolute atomic E-state index is 13.7. The number of ether oxygens (including phenoxy) is 1. The lowest BCUT2D eigenvalue weighted by Gasteiger charge is -2.33. The minimum Gasteiger partial charge on any atom is -0.376 e. The lowest BCUT2D eigenvalue weighted by molar-refractivity contribution is -0.123. The number of piperidine rings is 1. The van der Waals surface area contributed by atoms with Crippen LogP contribution in [0.1, 0.15) is 31.2 Å². The van der Waals surface area contributed by atoms with Crippen molar-refractivity contribution >= 4 is 42.6 Å². The maximum atomic E-state index is 13.7. The van der Waals surface area contributed by atoms with E-state index in [0.717, 1.165) is 40.8 Å². The molecule has 0 aliphatic carbocycles. The van der Waals surface area contributed by atoms with E-state index in [1.54, 1.807) is 4.90 Å². The fraction of sp³-hybridized carbons (Fsp3) is 0.440. The van der Waals surface area contributed by atoms with Crippen LogP contribution in [0.2, 0.25) is 0 Å². The van der Waals surface area contributed by atoms with E-state index in [-0.39, 0.29) is 35.9 Å². The van der Waals surface area contributed by atoms with Crippen molar-refractivity contribution in [3.05, 3.63) is 53.6 Å². The van der Waals surface area contributed by atoms with Crippen LogP contribution in [0.4, 0.5) is 13.9 Å². The molecule has 0 spiro atoms. The van der Waals surface area contributed by atoms with Crippen LogP contribution < -0.4 is 4.90 Å². The predicted octanol–water partition coefficient (Wildman–Crippen LogP) is 4.50. The number of rotatable bonds is 6. The minimum absolute atomic E-state index is 0.0588. The maximum Gasteiger partial charge on any atom is 0.243 e. The molecule has 0 N–H and O–H groups in total. The van der Waals surface area contributed by atoms with E-state index < -0.39 is 21.7 Å². The Labute approximate surface area is 212 Å². The first-order chi connectivity index (χ1) is 17.2. The van der Waals surface area contributed by atoms with Crippen LogP contribution in [0.15, 0.2) is 41.3 Å². The molecule has 2 aliphatic rings. The largest absolute Gasteiger partial charge is 0.376 e. The summed E-state index contributed by atoms with van der Waals surface area (Å²) in [5.41, 5.74) is 1.95. The second-order valence-corrected chi connectivity index (χ2v) is 12.3. The second-order valence-electron chi connectivity index (χ2n) is 9.31. The Kier molecular flexibility index (Phi) is 7.08. The monoisotopic (exact) mass is 535 g/mol. The van der Waals surface area contributed by atoms with Crippen LogP contribution in [-0.4, -0.2) is 56.0 Å². The molecule has 1 aromatic heterocycles. The lowest BCUT2D eigenvalue weighted by atomic mass is 9.96. The van der Waals surface area contributed by atoms with Gasteiger partial charge in [-0.05, 0) is 68.5 Å². The first-order valence-corrected chi connectivity index (χ1v) is 14.2. The Bertz CT molecular complexity index is 1380. The van der Waals surface area contributed by atoms with Gasteiger partial charge in [0.05, 0.1) is 27.8 Å². The lowest BCUT2D eigenvalue weighted by Crippen LogP contribution is -2.46. The zero-order valence-corrected chi connectivity index (χ0v) is 21.5. The fourth-order valence-electron chi connectivity index (χ4n) is 4.74. The van der Waals surface area contributed by atoms with Crippen LogP contribution in [0.3, 0.4) is 0 Å². The number of aryl methyl sites for hydroxylation is 1. The first kappa shape index (κ1) is 25.2. The summed E-state index contributed by atoms with van der Waals surface area (Å²) in [6, 6.07) is 8.54. The van der Waals surface area contributed by atoms with Gasteiger partial charge in [0.15, 0.2) is 16.8 Å². The third-order valence-electron chi connectivity index (χ3n) is 6.77. The summed E-state index contributed by atoms with van der Waals surface area (Å²) >= 11 is 1.47. The van der Waals surface area contributed by atoms with Gasteiger partial charge in [0.2, 0.25) is 15.9 Å². The predicted molar refractivity (Wildman–Crippen MR) is 134 cm³/mol. The number of fused-ring (bicyclic) bond motifs is 1. The Morgan fingerprint density at radius 3 is 2.61 bits per heavy atom. The molecule has 0 bridgehead atoms. The van der Waals surface area contributed by atoms with Crippen molar-refractivity contribution in [2.75, 3.05) is 31.1 Å². The fourth-order valence-corrected chi connectivity index (χ4v) is 7.30. The van der Waals surface area contributed by atoms with E-state index in [9.17, 15) is 22.0 Å². The van der Waals surface area contributed by atoms with Crippen LogP contribution >= 0.6 is 11.3 Å². The van der Waals surface area contributed by atoms with Crippen molar-refractivity contribution in [1.29, 1.82) is 0 Å². The van der Waals surface area contributed by atoms with E-state index in [2.05, 4.69) is 0 Å². The smallest absolute Gasteiger partial charge is 0.243 e. The van der Waals surface area contributed by atoms with Crippen molar-refractivity contribution in [3.8, 4) is 0 Å². The molecule has 2 saturated heterocycles. The van der Waals surface area contributed by atoms with Crippen LogP contribution in [0, 0.1) is 24.5 Å². The molecule has 1 amide bonds.